The fourth-order valence-corrected chi connectivity index (χ4v) is 3.82. The van der Waals surface area contributed by atoms with Gasteiger partial charge in [0.15, 0.2) is 5.17 Å². The molecule has 2 heterocycles. The van der Waals surface area contributed by atoms with Crippen LogP contribution in [0.4, 0.5) is 5.69 Å². The molecule has 1 saturated heterocycles. The third-order valence-electron chi connectivity index (χ3n) is 4.01. The van der Waals surface area contributed by atoms with E-state index in [-0.39, 0.29) is 18.1 Å². The Morgan fingerprint density at radius 3 is 2.42 bits per heavy atom. The van der Waals surface area contributed by atoms with Gasteiger partial charge in [-0.3, -0.25) is 4.79 Å². The van der Waals surface area contributed by atoms with E-state index in [1.807, 2.05) is 63.2 Å². The molecule has 0 N–H and O–H groups in total. The van der Waals surface area contributed by atoms with Crippen LogP contribution in [0, 0.1) is 0 Å². The van der Waals surface area contributed by atoms with E-state index in [1.165, 1.54) is 11.8 Å². The lowest BCUT2D eigenvalue weighted by atomic mass is 10.2. The van der Waals surface area contributed by atoms with Crippen LogP contribution in [0.2, 0.25) is 0 Å². The molecule has 0 spiro atoms. The first kappa shape index (κ1) is 17.0. The van der Waals surface area contributed by atoms with E-state index in [0.29, 0.717) is 4.91 Å². The Morgan fingerprint density at radius 1 is 1.21 bits per heavy atom. The molecule has 6 heteroatoms. The van der Waals surface area contributed by atoms with Gasteiger partial charge in [-0.15, -0.1) is 0 Å². The second-order valence-electron chi connectivity index (χ2n) is 6.46. The summed E-state index contributed by atoms with van der Waals surface area (Å²) in [4.78, 5) is 21.3. The zero-order valence-electron chi connectivity index (χ0n) is 14.5. The quantitative estimate of drug-likeness (QED) is 0.771. The van der Waals surface area contributed by atoms with E-state index in [2.05, 4.69) is 9.89 Å². The molecule has 0 unspecified atom stereocenters. The van der Waals surface area contributed by atoms with Crippen LogP contribution in [0.25, 0.3) is 6.08 Å². The first-order valence-electron chi connectivity index (χ1n) is 8.13. The summed E-state index contributed by atoms with van der Waals surface area (Å²) in [5, 5.41) is 0.790. The topological polar surface area (TPSA) is 45.1 Å². The van der Waals surface area contributed by atoms with Gasteiger partial charge in [-0.05, 0) is 49.4 Å². The van der Waals surface area contributed by atoms with E-state index in [0.717, 1.165) is 29.5 Å². The third-order valence-corrected chi connectivity index (χ3v) is 5.05. The Kier molecular flexibility index (Phi) is 4.96. The molecule has 2 aliphatic heterocycles. The minimum atomic E-state index is -0.154. The standard InChI is InChI=1S/C18H23N3O2S/c1-12-10-21(11-13(2)23-12)18-19-17(22)16(24-18)9-14-5-7-15(8-6-14)20(3)4/h5-9,12-13H,10-11H2,1-4H3/b16-9+/t12-,13+. The average molecular weight is 345 g/mol. The van der Waals surface area contributed by atoms with Crippen LogP contribution in [-0.4, -0.2) is 55.4 Å². The van der Waals surface area contributed by atoms with Crippen molar-refractivity contribution in [3.8, 4) is 0 Å². The number of amidine groups is 1. The van der Waals surface area contributed by atoms with Gasteiger partial charge in [-0.1, -0.05) is 12.1 Å². The van der Waals surface area contributed by atoms with E-state index >= 15 is 0 Å². The molecule has 0 bridgehead atoms. The van der Waals surface area contributed by atoms with Gasteiger partial charge in [0.25, 0.3) is 5.91 Å². The fraction of sp³-hybridized carbons (Fsp3) is 0.444. The first-order valence-corrected chi connectivity index (χ1v) is 8.94. The van der Waals surface area contributed by atoms with Crippen molar-refractivity contribution in [2.24, 2.45) is 4.99 Å². The molecule has 24 heavy (non-hydrogen) atoms. The number of rotatable bonds is 2. The number of nitrogens with zero attached hydrogens (tertiary/aromatic N) is 3. The van der Waals surface area contributed by atoms with Crippen molar-refractivity contribution in [1.82, 2.24) is 4.90 Å². The molecular weight excluding hydrogens is 322 g/mol. The highest BCUT2D eigenvalue weighted by atomic mass is 32.2. The molecule has 2 atom stereocenters. The molecule has 3 rings (SSSR count). The van der Waals surface area contributed by atoms with Gasteiger partial charge in [0.05, 0.1) is 17.1 Å². The molecule has 0 aromatic heterocycles. The predicted molar refractivity (Wildman–Crippen MR) is 100 cm³/mol. The number of benzene rings is 1. The highest BCUT2D eigenvalue weighted by Gasteiger charge is 2.30. The number of carbonyl (C=O) groups is 1. The van der Waals surface area contributed by atoms with Crippen LogP contribution in [0.5, 0.6) is 0 Å². The average Bonchev–Trinajstić information content (AvgIpc) is 2.88. The van der Waals surface area contributed by atoms with Crippen molar-refractivity contribution in [1.29, 1.82) is 0 Å². The zero-order valence-corrected chi connectivity index (χ0v) is 15.3. The maximum atomic E-state index is 12.2. The Bertz CT molecular complexity index is 672. The summed E-state index contributed by atoms with van der Waals surface area (Å²) >= 11 is 1.46. The van der Waals surface area contributed by atoms with Gasteiger partial charge in [-0.2, -0.15) is 4.99 Å². The normalized spacial score (nSPS) is 26.0. The molecule has 2 aliphatic rings. The summed E-state index contributed by atoms with van der Waals surface area (Å²) in [5.74, 6) is -0.154. The van der Waals surface area contributed by atoms with Crippen molar-refractivity contribution >= 4 is 34.6 Å². The largest absolute Gasteiger partial charge is 0.378 e. The van der Waals surface area contributed by atoms with Crippen LogP contribution >= 0.6 is 11.8 Å². The third kappa shape index (κ3) is 3.82. The lowest BCUT2D eigenvalue weighted by Gasteiger charge is -2.35. The minimum absolute atomic E-state index is 0.152. The molecule has 0 radical (unpaired) electrons. The van der Waals surface area contributed by atoms with Gasteiger partial charge < -0.3 is 14.5 Å². The number of anilines is 1. The molecule has 128 valence electrons. The Hall–Kier alpha value is -1.79. The molecular formula is C18H23N3O2S. The van der Waals surface area contributed by atoms with Gasteiger partial charge in [-0.25, -0.2) is 0 Å². The molecule has 0 saturated carbocycles. The fourth-order valence-electron chi connectivity index (χ4n) is 2.89. The van der Waals surface area contributed by atoms with Crippen molar-refractivity contribution in [3.63, 3.8) is 0 Å². The summed E-state index contributed by atoms with van der Waals surface area (Å²) in [7, 11) is 4.02. The van der Waals surface area contributed by atoms with Crippen LogP contribution in [0.15, 0.2) is 34.2 Å². The van der Waals surface area contributed by atoms with Crippen LogP contribution in [0.1, 0.15) is 19.4 Å². The molecule has 1 aromatic rings. The Morgan fingerprint density at radius 2 is 1.83 bits per heavy atom. The number of hydrogen-bond donors (Lipinski definition) is 0. The van der Waals surface area contributed by atoms with Crippen LogP contribution < -0.4 is 4.90 Å². The minimum Gasteiger partial charge on any atom is -0.378 e. The lowest BCUT2D eigenvalue weighted by molar-refractivity contribution is -0.113. The van der Waals surface area contributed by atoms with Gasteiger partial charge in [0, 0.05) is 32.9 Å². The molecule has 1 aromatic carbocycles. The molecule has 1 amide bonds. The molecule has 0 aliphatic carbocycles. The maximum absolute atomic E-state index is 12.2. The number of carbonyl (C=O) groups excluding carboxylic acids is 1. The van der Waals surface area contributed by atoms with Crippen LogP contribution in [0.3, 0.4) is 0 Å². The SMILES string of the molecule is C[C@@H]1CN(C2=NC(=O)/C(=C\c3ccc(N(C)C)cc3)S2)C[C@H](C)O1. The van der Waals surface area contributed by atoms with Crippen molar-refractivity contribution in [2.45, 2.75) is 26.1 Å². The summed E-state index contributed by atoms with van der Waals surface area (Å²) in [6, 6.07) is 8.13. The maximum Gasteiger partial charge on any atom is 0.286 e. The summed E-state index contributed by atoms with van der Waals surface area (Å²) in [6.45, 7) is 5.64. The first-order chi connectivity index (χ1) is 11.4. The number of hydrogen-bond acceptors (Lipinski definition) is 5. The summed E-state index contributed by atoms with van der Waals surface area (Å²) in [5.41, 5.74) is 2.15. The Labute approximate surface area is 147 Å². The van der Waals surface area contributed by atoms with Gasteiger partial charge in [0.1, 0.15) is 0 Å². The second kappa shape index (κ2) is 6.99. The van der Waals surface area contributed by atoms with E-state index in [9.17, 15) is 4.79 Å². The van der Waals surface area contributed by atoms with Crippen molar-refractivity contribution < 1.29 is 9.53 Å². The highest BCUT2D eigenvalue weighted by Crippen LogP contribution is 2.31. The number of aliphatic imine (C=N–C) groups is 1. The number of morpholine rings is 1. The highest BCUT2D eigenvalue weighted by molar-refractivity contribution is 8.18. The zero-order chi connectivity index (χ0) is 17.3. The van der Waals surface area contributed by atoms with Crippen molar-refractivity contribution in [3.05, 3.63) is 34.7 Å². The van der Waals surface area contributed by atoms with Gasteiger partial charge >= 0.3 is 0 Å². The van der Waals surface area contributed by atoms with Gasteiger partial charge in [0.2, 0.25) is 0 Å². The summed E-state index contributed by atoms with van der Waals surface area (Å²) < 4.78 is 5.75. The molecule has 1 fully saturated rings. The number of ether oxygens (including phenoxy) is 1. The van der Waals surface area contributed by atoms with E-state index in [4.69, 9.17) is 4.74 Å². The number of thioether (sulfide) groups is 1. The lowest BCUT2D eigenvalue weighted by Crippen LogP contribution is -2.47. The van der Waals surface area contributed by atoms with E-state index < -0.39 is 0 Å². The Balaban J connectivity index is 1.72. The number of amides is 1. The smallest absolute Gasteiger partial charge is 0.286 e. The second-order valence-corrected chi connectivity index (χ2v) is 7.47. The molecule has 5 nitrogen and oxygen atoms in total. The summed E-state index contributed by atoms with van der Waals surface area (Å²) in [6.07, 6.45) is 2.22. The van der Waals surface area contributed by atoms with Crippen LogP contribution in [-0.2, 0) is 9.53 Å². The monoisotopic (exact) mass is 345 g/mol. The van der Waals surface area contributed by atoms with E-state index in [1.54, 1.807) is 0 Å². The van der Waals surface area contributed by atoms with Crippen molar-refractivity contribution in [2.75, 3.05) is 32.1 Å². The predicted octanol–water partition coefficient (Wildman–Crippen LogP) is 2.83.